The third-order valence-electron chi connectivity index (χ3n) is 7.37. The fourth-order valence-electron chi connectivity index (χ4n) is 4.97. The lowest BCUT2D eigenvalue weighted by Crippen LogP contribution is -2.53. The van der Waals surface area contributed by atoms with Crippen molar-refractivity contribution in [2.24, 2.45) is 5.92 Å². The van der Waals surface area contributed by atoms with E-state index in [0.29, 0.717) is 11.6 Å². The molecule has 0 heterocycles. The molecule has 248 valence electrons. The molecule has 0 aliphatic carbocycles. The van der Waals surface area contributed by atoms with Crippen LogP contribution in [0.4, 0.5) is 10.1 Å². The van der Waals surface area contributed by atoms with Crippen molar-refractivity contribution in [1.29, 1.82) is 0 Å². The van der Waals surface area contributed by atoms with Gasteiger partial charge in [0, 0.05) is 30.1 Å². The van der Waals surface area contributed by atoms with E-state index in [2.05, 4.69) is 5.32 Å². The molecule has 11 heteroatoms. The molecule has 1 unspecified atom stereocenters. The van der Waals surface area contributed by atoms with Crippen LogP contribution < -0.4 is 14.4 Å². The van der Waals surface area contributed by atoms with Crippen LogP contribution in [-0.4, -0.2) is 50.9 Å². The molecule has 1 atom stereocenters. The average Bonchev–Trinajstić information content (AvgIpc) is 3.06. The van der Waals surface area contributed by atoms with E-state index in [1.807, 2.05) is 44.2 Å². The summed E-state index contributed by atoms with van der Waals surface area (Å²) in [5, 5.41) is 3.26. The Morgan fingerprint density at radius 3 is 2.19 bits per heavy atom. The van der Waals surface area contributed by atoms with Crippen molar-refractivity contribution >= 4 is 39.1 Å². The smallest absolute Gasteiger partial charge is 0.264 e. The molecule has 4 aromatic carbocycles. The highest BCUT2D eigenvalue weighted by atomic mass is 35.5. The quantitative estimate of drug-likeness (QED) is 0.155. The summed E-state index contributed by atoms with van der Waals surface area (Å²) < 4.78 is 50.4. The maximum absolute atomic E-state index is 15.1. The van der Waals surface area contributed by atoms with Gasteiger partial charge in [-0.3, -0.25) is 13.9 Å². The van der Waals surface area contributed by atoms with Crippen LogP contribution in [0.2, 0.25) is 5.02 Å². The standard InChI is InChI=1S/C36H39ClFN3O5S/c1-4-46-34-17-11-10-16-32(34)41(47(44,45)30-20-18-29(37)19-21-30)25-35(42)40(24-28-14-8-9-15-31(28)38)33(36(43)39-23-26(2)3)22-27-12-6-5-7-13-27/h5-21,26,33H,4,22-25H2,1-3H3,(H,39,43). The van der Waals surface area contributed by atoms with Crippen LogP contribution in [0.15, 0.2) is 108 Å². The number of amides is 2. The van der Waals surface area contributed by atoms with E-state index in [0.717, 1.165) is 9.87 Å². The van der Waals surface area contributed by atoms with Gasteiger partial charge in [-0.05, 0) is 60.9 Å². The Morgan fingerprint density at radius 1 is 0.894 bits per heavy atom. The molecular weight excluding hydrogens is 641 g/mol. The first kappa shape index (κ1) is 35.4. The zero-order valence-corrected chi connectivity index (χ0v) is 28.2. The lowest BCUT2D eigenvalue weighted by Gasteiger charge is -2.34. The van der Waals surface area contributed by atoms with Crippen molar-refractivity contribution in [3.63, 3.8) is 0 Å². The zero-order chi connectivity index (χ0) is 34.0. The topological polar surface area (TPSA) is 96.0 Å². The predicted octanol–water partition coefficient (Wildman–Crippen LogP) is 6.49. The van der Waals surface area contributed by atoms with E-state index >= 15 is 4.39 Å². The van der Waals surface area contributed by atoms with Crippen molar-refractivity contribution in [2.75, 3.05) is 24.0 Å². The molecule has 0 radical (unpaired) electrons. The lowest BCUT2D eigenvalue weighted by molar-refractivity contribution is -0.140. The Balaban J connectivity index is 1.84. The normalized spacial score (nSPS) is 12.0. The Hall–Kier alpha value is -4.41. The minimum atomic E-state index is -4.38. The summed E-state index contributed by atoms with van der Waals surface area (Å²) in [5.41, 5.74) is 1.08. The van der Waals surface area contributed by atoms with Crippen LogP contribution in [0.1, 0.15) is 31.9 Å². The van der Waals surface area contributed by atoms with Gasteiger partial charge < -0.3 is 15.0 Å². The molecule has 0 fully saturated rings. The Bertz CT molecular complexity index is 1750. The molecule has 4 aromatic rings. The SMILES string of the molecule is CCOc1ccccc1N(CC(=O)N(Cc1ccccc1F)C(Cc1ccccc1)C(=O)NCC(C)C)S(=O)(=O)c1ccc(Cl)cc1. The molecule has 0 aromatic heterocycles. The number of hydrogen-bond donors (Lipinski definition) is 1. The highest BCUT2D eigenvalue weighted by Crippen LogP contribution is 2.33. The largest absolute Gasteiger partial charge is 0.492 e. The third-order valence-corrected chi connectivity index (χ3v) is 9.39. The number of benzene rings is 4. The molecule has 0 bridgehead atoms. The van der Waals surface area contributed by atoms with Crippen LogP contribution in [0.5, 0.6) is 5.75 Å². The van der Waals surface area contributed by atoms with Gasteiger partial charge in [0.25, 0.3) is 10.0 Å². The number of nitrogens with zero attached hydrogens (tertiary/aromatic N) is 2. The van der Waals surface area contributed by atoms with Crippen LogP contribution in [0.25, 0.3) is 0 Å². The number of nitrogens with one attached hydrogen (secondary N) is 1. The van der Waals surface area contributed by atoms with Crippen molar-refractivity contribution in [1.82, 2.24) is 10.2 Å². The Labute approximate surface area is 281 Å². The summed E-state index contributed by atoms with van der Waals surface area (Å²) in [6.07, 6.45) is 0.116. The van der Waals surface area contributed by atoms with E-state index in [4.69, 9.17) is 16.3 Å². The molecule has 47 heavy (non-hydrogen) atoms. The van der Waals surface area contributed by atoms with Gasteiger partial charge in [-0.25, -0.2) is 12.8 Å². The first-order valence-corrected chi connectivity index (χ1v) is 17.2. The Kier molecular flexibility index (Phi) is 12.4. The molecule has 8 nitrogen and oxygen atoms in total. The van der Waals surface area contributed by atoms with Gasteiger partial charge in [0.15, 0.2) is 0 Å². The predicted molar refractivity (Wildman–Crippen MR) is 182 cm³/mol. The molecule has 2 amide bonds. The zero-order valence-electron chi connectivity index (χ0n) is 26.6. The number of carbonyl (C=O) groups excluding carboxylic acids is 2. The van der Waals surface area contributed by atoms with Gasteiger partial charge in [-0.1, -0.05) is 86.1 Å². The second-order valence-corrected chi connectivity index (χ2v) is 13.6. The summed E-state index contributed by atoms with van der Waals surface area (Å²) in [4.78, 5) is 29.6. The number of carbonyl (C=O) groups is 2. The Morgan fingerprint density at radius 2 is 1.53 bits per heavy atom. The van der Waals surface area contributed by atoms with Crippen molar-refractivity contribution < 1.29 is 27.1 Å². The number of sulfonamides is 1. The van der Waals surface area contributed by atoms with Crippen molar-refractivity contribution in [2.45, 2.75) is 44.7 Å². The van der Waals surface area contributed by atoms with Gasteiger partial charge in [0.1, 0.15) is 24.2 Å². The van der Waals surface area contributed by atoms with Gasteiger partial charge in [0.2, 0.25) is 11.8 Å². The molecule has 1 N–H and O–H groups in total. The number of para-hydroxylation sites is 2. The monoisotopic (exact) mass is 679 g/mol. The maximum atomic E-state index is 15.1. The van der Waals surface area contributed by atoms with Crippen LogP contribution in [-0.2, 0) is 32.6 Å². The average molecular weight is 680 g/mol. The van der Waals surface area contributed by atoms with Crippen LogP contribution >= 0.6 is 11.6 Å². The van der Waals surface area contributed by atoms with E-state index in [9.17, 15) is 18.0 Å². The maximum Gasteiger partial charge on any atom is 0.264 e. The van der Waals surface area contributed by atoms with E-state index in [1.165, 1.54) is 47.4 Å². The minimum Gasteiger partial charge on any atom is -0.492 e. The van der Waals surface area contributed by atoms with Gasteiger partial charge in [0.05, 0.1) is 17.2 Å². The molecule has 0 spiro atoms. The number of anilines is 1. The van der Waals surface area contributed by atoms with E-state index < -0.39 is 40.2 Å². The second kappa shape index (κ2) is 16.4. The fourth-order valence-corrected chi connectivity index (χ4v) is 6.53. The molecule has 0 saturated carbocycles. The molecular formula is C36H39ClFN3O5S. The second-order valence-electron chi connectivity index (χ2n) is 11.3. The molecule has 0 saturated heterocycles. The molecule has 0 aliphatic heterocycles. The summed E-state index contributed by atoms with van der Waals surface area (Å²) in [5.74, 6) is -1.33. The van der Waals surface area contributed by atoms with E-state index in [1.54, 1.807) is 37.3 Å². The first-order valence-electron chi connectivity index (χ1n) is 15.4. The highest BCUT2D eigenvalue weighted by molar-refractivity contribution is 7.92. The summed E-state index contributed by atoms with van der Waals surface area (Å²) in [6, 6.07) is 26.2. The highest BCUT2D eigenvalue weighted by Gasteiger charge is 2.36. The molecule has 4 rings (SSSR count). The lowest BCUT2D eigenvalue weighted by atomic mass is 10.0. The van der Waals surface area contributed by atoms with Gasteiger partial charge in [-0.2, -0.15) is 0 Å². The van der Waals surface area contributed by atoms with Gasteiger partial charge in [-0.15, -0.1) is 0 Å². The fraction of sp³-hybridized carbons (Fsp3) is 0.278. The third kappa shape index (κ3) is 9.33. The number of rotatable bonds is 15. The summed E-state index contributed by atoms with van der Waals surface area (Å²) in [7, 11) is -4.38. The minimum absolute atomic E-state index is 0.0998. The molecule has 0 aliphatic rings. The summed E-state index contributed by atoms with van der Waals surface area (Å²) in [6.45, 7) is 5.28. The first-order chi connectivity index (χ1) is 22.5. The van der Waals surface area contributed by atoms with Gasteiger partial charge >= 0.3 is 0 Å². The number of halogens is 2. The van der Waals surface area contributed by atoms with E-state index in [-0.39, 0.29) is 47.4 Å². The van der Waals surface area contributed by atoms with Crippen molar-refractivity contribution in [3.8, 4) is 5.75 Å². The summed E-state index contributed by atoms with van der Waals surface area (Å²) >= 11 is 6.06. The number of ether oxygens (including phenoxy) is 1. The van der Waals surface area contributed by atoms with Crippen LogP contribution in [0.3, 0.4) is 0 Å². The van der Waals surface area contributed by atoms with Crippen LogP contribution in [0, 0.1) is 11.7 Å². The van der Waals surface area contributed by atoms with Crippen molar-refractivity contribution in [3.05, 3.63) is 125 Å². The number of hydrogen-bond acceptors (Lipinski definition) is 5.